The molecule has 1 saturated heterocycles. The van der Waals surface area contributed by atoms with Gasteiger partial charge < -0.3 is 15.2 Å². The second-order valence-electron chi connectivity index (χ2n) is 9.57. The molecule has 1 aliphatic rings. The van der Waals surface area contributed by atoms with Crippen molar-refractivity contribution in [2.24, 2.45) is 5.73 Å². The van der Waals surface area contributed by atoms with E-state index < -0.39 is 0 Å². The molecule has 4 nitrogen and oxygen atoms in total. The average molecular weight is 470 g/mol. The first-order valence-electron chi connectivity index (χ1n) is 12.4. The Kier molecular flexibility index (Phi) is 6.69. The SMILES string of the molecule is Cc1cccc2c(C(=O)N3CCC(c4cc(CN)ccc4F)CC3)cn(CCc3ccccc3)c12. The summed E-state index contributed by atoms with van der Waals surface area (Å²) in [4.78, 5) is 15.6. The summed E-state index contributed by atoms with van der Waals surface area (Å²) in [6.07, 6.45) is 4.44. The number of hydrogen-bond donors (Lipinski definition) is 1. The highest BCUT2D eigenvalue weighted by Crippen LogP contribution is 2.32. The van der Waals surface area contributed by atoms with E-state index in [0.29, 0.717) is 19.6 Å². The lowest BCUT2D eigenvalue weighted by Crippen LogP contribution is -2.38. The summed E-state index contributed by atoms with van der Waals surface area (Å²) >= 11 is 0. The van der Waals surface area contributed by atoms with Crippen LogP contribution in [-0.4, -0.2) is 28.5 Å². The molecule has 1 aliphatic heterocycles. The predicted molar refractivity (Wildman–Crippen MR) is 139 cm³/mol. The van der Waals surface area contributed by atoms with Crippen molar-refractivity contribution in [1.82, 2.24) is 9.47 Å². The number of piperidine rings is 1. The van der Waals surface area contributed by atoms with E-state index in [1.165, 1.54) is 17.2 Å². The van der Waals surface area contributed by atoms with E-state index in [1.54, 1.807) is 6.07 Å². The Bertz CT molecular complexity index is 1340. The van der Waals surface area contributed by atoms with Crippen LogP contribution in [0.5, 0.6) is 0 Å². The van der Waals surface area contributed by atoms with Gasteiger partial charge in [-0.15, -0.1) is 0 Å². The Morgan fingerprint density at radius 2 is 1.77 bits per heavy atom. The third-order valence-corrected chi connectivity index (χ3v) is 7.33. The van der Waals surface area contributed by atoms with Gasteiger partial charge in [-0.2, -0.15) is 0 Å². The molecular formula is C30H32FN3O. The quantitative estimate of drug-likeness (QED) is 0.387. The molecule has 5 rings (SSSR count). The van der Waals surface area contributed by atoms with Crippen LogP contribution in [0.3, 0.4) is 0 Å². The number of benzene rings is 3. The van der Waals surface area contributed by atoms with Gasteiger partial charge in [0.25, 0.3) is 5.91 Å². The smallest absolute Gasteiger partial charge is 0.256 e. The van der Waals surface area contributed by atoms with Gasteiger partial charge in [0.1, 0.15) is 5.82 Å². The number of aromatic nitrogens is 1. The molecule has 1 fully saturated rings. The lowest BCUT2D eigenvalue weighted by atomic mass is 9.88. The van der Waals surface area contributed by atoms with Gasteiger partial charge in [0.2, 0.25) is 0 Å². The maximum atomic E-state index is 14.5. The number of nitrogens with zero attached hydrogens (tertiary/aromatic N) is 2. The van der Waals surface area contributed by atoms with Gasteiger partial charge in [-0.25, -0.2) is 4.39 Å². The minimum atomic E-state index is -0.177. The molecule has 0 radical (unpaired) electrons. The van der Waals surface area contributed by atoms with Crippen molar-refractivity contribution in [2.75, 3.05) is 13.1 Å². The topological polar surface area (TPSA) is 51.3 Å². The molecule has 1 amide bonds. The normalized spacial score (nSPS) is 14.5. The van der Waals surface area contributed by atoms with Crippen molar-refractivity contribution in [3.8, 4) is 0 Å². The number of halogens is 1. The van der Waals surface area contributed by atoms with Crippen LogP contribution in [0.2, 0.25) is 0 Å². The monoisotopic (exact) mass is 469 g/mol. The van der Waals surface area contributed by atoms with Crippen molar-refractivity contribution >= 4 is 16.8 Å². The Labute approximate surface area is 206 Å². The largest absolute Gasteiger partial charge is 0.346 e. The van der Waals surface area contributed by atoms with E-state index in [1.807, 2.05) is 29.3 Å². The molecule has 0 atom stereocenters. The minimum absolute atomic E-state index is 0.0636. The van der Waals surface area contributed by atoms with E-state index in [2.05, 4.69) is 47.9 Å². The average Bonchev–Trinajstić information content (AvgIpc) is 3.28. The molecule has 3 aromatic carbocycles. The third-order valence-electron chi connectivity index (χ3n) is 7.33. The standard InChI is InChI=1S/C30H32FN3O/c1-21-6-5-9-25-27(20-34(29(21)25)15-12-22-7-3-2-4-8-22)30(35)33-16-13-24(14-17-33)26-18-23(19-32)10-11-28(26)31/h2-11,18,20,24H,12-17,19,32H2,1H3. The number of hydrogen-bond acceptors (Lipinski definition) is 2. The fraction of sp³-hybridized carbons (Fsp3) is 0.300. The summed E-state index contributed by atoms with van der Waals surface area (Å²) in [5.41, 5.74) is 11.8. The van der Waals surface area contributed by atoms with Gasteiger partial charge in [0.05, 0.1) is 11.1 Å². The highest BCUT2D eigenvalue weighted by molar-refractivity contribution is 6.07. The molecule has 0 unspecified atom stereocenters. The first-order chi connectivity index (χ1) is 17.0. The van der Waals surface area contributed by atoms with Crippen LogP contribution < -0.4 is 5.73 Å². The van der Waals surface area contributed by atoms with Crippen molar-refractivity contribution < 1.29 is 9.18 Å². The van der Waals surface area contributed by atoms with Crippen LogP contribution in [0.4, 0.5) is 4.39 Å². The number of amides is 1. The maximum Gasteiger partial charge on any atom is 0.256 e. The molecule has 35 heavy (non-hydrogen) atoms. The summed E-state index contributed by atoms with van der Waals surface area (Å²) in [5.74, 6) is -0.00219. The Hall–Kier alpha value is -3.44. The Morgan fingerprint density at radius 1 is 1.00 bits per heavy atom. The number of para-hydroxylation sites is 1. The molecule has 1 aromatic heterocycles. The molecule has 5 heteroatoms. The highest BCUT2D eigenvalue weighted by Gasteiger charge is 2.28. The van der Waals surface area contributed by atoms with Crippen LogP contribution in [0.25, 0.3) is 10.9 Å². The van der Waals surface area contributed by atoms with E-state index in [9.17, 15) is 9.18 Å². The molecule has 0 aliphatic carbocycles. The summed E-state index contributed by atoms with van der Waals surface area (Å²) < 4.78 is 16.7. The molecule has 0 bridgehead atoms. The molecule has 2 heterocycles. The van der Waals surface area contributed by atoms with E-state index in [4.69, 9.17) is 5.73 Å². The third kappa shape index (κ3) is 4.73. The lowest BCUT2D eigenvalue weighted by Gasteiger charge is -2.32. The summed E-state index contributed by atoms with van der Waals surface area (Å²) in [7, 11) is 0. The highest BCUT2D eigenvalue weighted by atomic mass is 19.1. The van der Waals surface area contributed by atoms with Crippen LogP contribution in [0, 0.1) is 12.7 Å². The molecular weight excluding hydrogens is 437 g/mol. The van der Waals surface area contributed by atoms with Gasteiger partial charge in [0.15, 0.2) is 0 Å². The van der Waals surface area contributed by atoms with E-state index >= 15 is 0 Å². The van der Waals surface area contributed by atoms with Gasteiger partial charge in [-0.3, -0.25) is 4.79 Å². The summed E-state index contributed by atoms with van der Waals surface area (Å²) in [6.45, 7) is 4.57. The fourth-order valence-corrected chi connectivity index (χ4v) is 5.39. The first kappa shape index (κ1) is 23.3. The molecule has 2 N–H and O–H groups in total. The number of carbonyl (C=O) groups excluding carboxylic acids is 1. The fourth-order valence-electron chi connectivity index (χ4n) is 5.39. The van der Waals surface area contributed by atoms with Crippen molar-refractivity contribution in [3.05, 3.63) is 107 Å². The van der Waals surface area contributed by atoms with Gasteiger partial charge in [-0.05, 0) is 60.4 Å². The van der Waals surface area contributed by atoms with Gasteiger partial charge in [-0.1, -0.05) is 60.7 Å². The Morgan fingerprint density at radius 3 is 2.51 bits per heavy atom. The first-order valence-corrected chi connectivity index (χ1v) is 12.4. The van der Waals surface area contributed by atoms with Crippen LogP contribution in [-0.2, 0) is 19.5 Å². The zero-order valence-electron chi connectivity index (χ0n) is 20.2. The van der Waals surface area contributed by atoms with Gasteiger partial charge >= 0.3 is 0 Å². The van der Waals surface area contributed by atoms with Gasteiger partial charge in [0, 0.05) is 37.8 Å². The zero-order chi connectivity index (χ0) is 24.4. The number of nitrogens with two attached hydrogens (primary N) is 1. The second-order valence-corrected chi connectivity index (χ2v) is 9.57. The Balaban J connectivity index is 1.35. The second kappa shape index (κ2) is 10.0. The minimum Gasteiger partial charge on any atom is -0.346 e. The zero-order valence-corrected chi connectivity index (χ0v) is 20.2. The van der Waals surface area contributed by atoms with Crippen LogP contribution in [0.1, 0.15) is 51.4 Å². The number of aryl methyl sites for hydroxylation is 3. The number of rotatable bonds is 6. The predicted octanol–water partition coefficient (Wildman–Crippen LogP) is 5.81. The molecule has 4 aromatic rings. The molecule has 180 valence electrons. The van der Waals surface area contributed by atoms with Crippen LogP contribution in [0.15, 0.2) is 72.9 Å². The summed E-state index contributed by atoms with van der Waals surface area (Å²) in [5, 5.41) is 1.01. The number of fused-ring (bicyclic) bond motifs is 1. The number of likely N-dealkylation sites (tertiary alicyclic amines) is 1. The molecule has 0 saturated carbocycles. The van der Waals surface area contributed by atoms with Crippen molar-refractivity contribution in [1.29, 1.82) is 0 Å². The van der Waals surface area contributed by atoms with E-state index in [-0.39, 0.29) is 17.6 Å². The lowest BCUT2D eigenvalue weighted by molar-refractivity contribution is 0.0714. The number of carbonyl (C=O) groups is 1. The van der Waals surface area contributed by atoms with E-state index in [0.717, 1.165) is 53.4 Å². The maximum absolute atomic E-state index is 14.5. The summed E-state index contributed by atoms with van der Waals surface area (Å²) in [6, 6.07) is 21.8. The van der Waals surface area contributed by atoms with Crippen molar-refractivity contribution in [3.63, 3.8) is 0 Å². The van der Waals surface area contributed by atoms with Crippen LogP contribution >= 0.6 is 0 Å². The molecule has 0 spiro atoms. The van der Waals surface area contributed by atoms with Crippen molar-refractivity contribution in [2.45, 2.75) is 45.2 Å².